The van der Waals surface area contributed by atoms with E-state index in [1.54, 1.807) is 28.6 Å². The van der Waals surface area contributed by atoms with Gasteiger partial charge in [-0.1, -0.05) is 41.9 Å². The average Bonchev–Trinajstić information content (AvgIpc) is 3.30. The Morgan fingerprint density at radius 2 is 1.79 bits per heavy atom. The molecule has 0 saturated heterocycles. The molecular weight excluding hydrogens is 396 g/mol. The fourth-order valence-electron chi connectivity index (χ4n) is 2.93. The van der Waals surface area contributed by atoms with Gasteiger partial charge in [0, 0.05) is 28.6 Å². The van der Waals surface area contributed by atoms with Crippen molar-refractivity contribution >= 4 is 41.0 Å². The van der Waals surface area contributed by atoms with Gasteiger partial charge < -0.3 is 10.6 Å². The molecule has 0 aliphatic carbocycles. The number of hydrogen-bond donors (Lipinski definition) is 2. The average molecular weight is 413 g/mol. The van der Waals surface area contributed by atoms with Crippen molar-refractivity contribution in [3.63, 3.8) is 0 Å². The molecular formula is C20H17ClN4O2S. The number of halogens is 1. The summed E-state index contributed by atoms with van der Waals surface area (Å²) in [6, 6.07) is 16.6. The predicted molar refractivity (Wildman–Crippen MR) is 110 cm³/mol. The van der Waals surface area contributed by atoms with E-state index in [1.165, 1.54) is 0 Å². The van der Waals surface area contributed by atoms with Crippen molar-refractivity contribution in [1.82, 2.24) is 15.1 Å². The third-order valence-corrected chi connectivity index (χ3v) is 5.58. The van der Waals surface area contributed by atoms with Crippen LogP contribution in [-0.4, -0.2) is 21.6 Å². The number of carbonyl (C=O) groups is 2. The summed E-state index contributed by atoms with van der Waals surface area (Å²) in [7, 11) is 0. The molecule has 1 aliphatic rings. The lowest BCUT2D eigenvalue weighted by atomic mass is 10.2. The lowest BCUT2D eigenvalue weighted by Crippen LogP contribution is -2.35. The van der Waals surface area contributed by atoms with Crippen molar-refractivity contribution in [3.8, 4) is 5.69 Å². The Morgan fingerprint density at radius 3 is 2.54 bits per heavy atom. The normalized spacial score (nSPS) is 12.5. The van der Waals surface area contributed by atoms with Crippen LogP contribution in [0.25, 0.3) is 5.69 Å². The molecule has 142 valence electrons. The SMILES string of the molecule is O=C(NCc1ccccc1)C(=O)Nc1c2c(nn1-c1ccc(Cl)cc1)CSC2. The zero-order valence-electron chi connectivity index (χ0n) is 14.8. The van der Waals surface area contributed by atoms with Gasteiger partial charge in [-0.15, -0.1) is 0 Å². The van der Waals surface area contributed by atoms with Crippen LogP contribution in [0.4, 0.5) is 5.82 Å². The van der Waals surface area contributed by atoms with Crippen LogP contribution < -0.4 is 10.6 Å². The first kappa shape index (κ1) is 18.6. The first-order chi connectivity index (χ1) is 13.6. The summed E-state index contributed by atoms with van der Waals surface area (Å²) in [5.41, 5.74) is 3.56. The number of anilines is 1. The highest BCUT2D eigenvalue weighted by atomic mass is 35.5. The molecule has 0 fully saturated rings. The molecule has 0 atom stereocenters. The number of benzene rings is 2. The molecule has 0 radical (unpaired) electrons. The number of fused-ring (bicyclic) bond motifs is 1. The van der Waals surface area contributed by atoms with Gasteiger partial charge in [-0.2, -0.15) is 16.9 Å². The zero-order chi connectivity index (χ0) is 19.5. The van der Waals surface area contributed by atoms with Crippen LogP contribution in [0.15, 0.2) is 54.6 Å². The van der Waals surface area contributed by atoms with Gasteiger partial charge in [-0.05, 0) is 29.8 Å². The molecule has 0 spiro atoms. The third-order valence-electron chi connectivity index (χ3n) is 4.36. The van der Waals surface area contributed by atoms with Crippen LogP contribution in [0.3, 0.4) is 0 Å². The lowest BCUT2D eigenvalue weighted by Gasteiger charge is -2.11. The Balaban J connectivity index is 1.53. The maximum Gasteiger partial charge on any atom is 0.314 e. The summed E-state index contributed by atoms with van der Waals surface area (Å²) >= 11 is 7.69. The molecule has 1 aliphatic heterocycles. The molecule has 4 rings (SSSR count). The summed E-state index contributed by atoms with van der Waals surface area (Å²) in [6.07, 6.45) is 0. The second kappa shape index (κ2) is 8.08. The number of nitrogens with one attached hydrogen (secondary N) is 2. The minimum atomic E-state index is -0.717. The van der Waals surface area contributed by atoms with Crippen LogP contribution in [0.1, 0.15) is 16.8 Å². The van der Waals surface area contributed by atoms with Gasteiger partial charge in [0.2, 0.25) is 0 Å². The highest BCUT2D eigenvalue weighted by Gasteiger charge is 2.26. The number of thioether (sulfide) groups is 1. The van der Waals surface area contributed by atoms with E-state index in [0.29, 0.717) is 10.8 Å². The molecule has 1 aromatic heterocycles. The monoisotopic (exact) mass is 412 g/mol. The zero-order valence-corrected chi connectivity index (χ0v) is 16.4. The van der Waals surface area contributed by atoms with Crippen molar-refractivity contribution in [1.29, 1.82) is 0 Å². The van der Waals surface area contributed by atoms with Gasteiger partial charge in [0.25, 0.3) is 0 Å². The third kappa shape index (κ3) is 3.90. The molecule has 0 bridgehead atoms. The number of aromatic nitrogens is 2. The highest BCUT2D eigenvalue weighted by Crippen LogP contribution is 2.36. The molecule has 0 unspecified atom stereocenters. The van der Waals surface area contributed by atoms with Crippen molar-refractivity contribution in [3.05, 3.63) is 76.4 Å². The van der Waals surface area contributed by atoms with Crippen molar-refractivity contribution in [2.24, 2.45) is 0 Å². The summed E-state index contributed by atoms with van der Waals surface area (Å²) in [6.45, 7) is 0.289. The molecule has 2 aromatic carbocycles. The van der Waals surface area contributed by atoms with Gasteiger partial charge in [-0.3, -0.25) is 9.59 Å². The summed E-state index contributed by atoms with van der Waals surface area (Å²) in [5, 5.41) is 10.6. The van der Waals surface area contributed by atoms with Crippen LogP contribution >= 0.6 is 23.4 Å². The van der Waals surface area contributed by atoms with Crippen LogP contribution in [0.2, 0.25) is 5.02 Å². The second-order valence-corrected chi connectivity index (χ2v) is 7.70. The largest absolute Gasteiger partial charge is 0.344 e. The van der Waals surface area contributed by atoms with Crippen molar-refractivity contribution in [2.45, 2.75) is 18.1 Å². The van der Waals surface area contributed by atoms with Crippen molar-refractivity contribution in [2.75, 3.05) is 5.32 Å². The predicted octanol–water partition coefficient (Wildman–Crippen LogP) is 3.53. The van der Waals surface area contributed by atoms with E-state index < -0.39 is 11.8 Å². The minimum Gasteiger partial charge on any atom is -0.344 e. The smallest absolute Gasteiger partial charge is 0.314 e. The van der Waals surface area contributed by atoms with E-state index in [-0.39, 0.29) is 6.54 Å². The van der Waals surface area contributed by atoms with E-state index in [1.807, 2.05) is 42.5 Å². The standard InChI is InChI=1S/C20H17ClN4O2S/c21-14-6-8-15(9-7-14)25-18(16-11-28-12-17(16)24-25)23-20(27)19(26)22-10-13-4-2-1-3-5-13/h1-9H,10-12H2,(H,22,26)(H,23,27). The Morgan fingerprint density at radius 1 is 1.04 bits per heavy atom. The summed E-state index contributed by atoms with van der Waals surface area (Å²) in [5.74, 6) is 0.642. The van der Waals surface area contributed by atoms with Gasteiger partial charge >= 0.3 is 11.8 Å². The Hall–Kier alpha value is -2.77. The van der Waals surface area contributed by atoms with E-state index in [0.717, 1.165) is 34.0 Å². The molecule has 3 aromatic rings. The molecule has 8 heteroatoms. The molecule has 2 amide bonds. The van der Waals surface area contributed by atoms with E-state index >= 15 is 0 Å². The van der Waals surface area contributed by atoms with Crippen molar-refractivity contribution < 1.29 is 9.59 Å². The number of nitrogens with zero attached hydrogens (tertiary/aromatic N) is 2. The minimum absolute atomic E-state index is 0.289. The highest BCUT2D eigenvalue weighted by molar-refractivity contribution is 7.98. The molecule has 2 heterocycles. The first-order valence-corrected chi connectivity index (χ1v) is 10.2. The van der Waals surface area contributed by atoms with E-state index in [2.05, 4.69) is 15.7 Å². The van der Waals surface area contributed by atoms with Crippen LogP contribution in [0.5, 0.6) is 0 Å². The van der Waals surface area contributed by atoms with Crippen LogP contribution in [0, 0.1) is 0 Å². The maximum absolute atomic E-state index is 12.5. The molecule has 2 N–H and O–H groups in total. The molecule has 0 saturated carbocycles. The maximum atomic E-state index is 12.5. The quantitative estimate of drug-likeness (QED) is 0.643. The number of hydrogen-bond acceptors (Lipinski definition) is 4. The fourth-order valence-corrected chi connectivity index (χ4v) is 4.09. The fraction of sp³-hybridized carbons (Fsp3) is 0.150. The topological polar surface area (TPSA) is 76.0 Å². The number of carbonyl (C=O) groups excluding carboxylic acids is 2. The molecule has 28 heavy (non-hydrogen) atoms. The lowest BCUT2D eigenvalue weighted by molar-refractivity contribution is -0.136. The first-order valence-electron chi connectivity index (χ1n) is 8.69. The Bertz CT molecular complexity index is 1020. The summed E-state index contributed by atoms with van der Waals surface area (Å²) in [4.78, 5) is 24.7. The number of amides is 2. The van der Waals surface area contributed by atoms with Gasteiger partial charge in [-0.25, -0.2) is 4.68 Å². The van der Waals surface area contributed by atoms with Gasteiger partial charge in [0.1, 0.15) is 5.82 Å². The Labute approximate surface area is 171 Å². The Kier molecular flexibility index (Phi) is 5.36. The van der Waals surface area contributed by atoms with Gasteiger partial charge in [0.05, 0.1) is 11.4 Å². The summed E-state index contributed by atoms with van der Waals surface area (Å²) < 4.78 is 1.66. The van der Waals surface area contributed by atoms with Crippen LogP contribution in [-0.2, 0) is 27.6 Å². The molecule has 6 nitrogen and oxygen atoms in total. The second-order valence-electron chi connectivity index (χ2n) is 6.28. The number of rotatable bonds is 4. The van der Waals surface area contributed by atoms with E-state index in [9.17, 15) is 9.59 Å². The van der Waals surface area contributed by atoms with E-state index in [4.69, 9.17) is 11.6 Å². The van der Waals surface area contributed by atoms with Gasteiger partial charge in [0.15, 0.2) is 0 Å².